The van der Waals surface area contributed by atoms with Gasteiger partial charge in [0.25, 0.3) is 0 Å². The monoisotopic (exact) mass is 511 g/mol. The molecule has 1 unspecified atom stereocenters. The summed E-state index contributed by atoms with van der Waals surface area (Å²) in [6.07, 6.45) is 7.94. The molecule has 2 N–H and O–H groups in total. The van der Waals surface area contributed by atoms with E-state index >= 15 is 0 Å². The molecule has 5 rings (SSSR count). The molecule has 1 saturated heterocycles. The molecule has 0 aromatic carbocycles. The van der Waals surface area contributed by atoms with Gasteiger partial charge in [0.05, 0.1) is 11.0 Å². The van der Waals surface area contributed by atoms with Crippen LogP contribution in [0.15, 0.2) is 48.8 Å². The lowest BCUT2D eigenvalue weighted by Gasteiger charge is -2.36. The highest BCUT2D eigenvalue weighted by Gasteiger charge is 2.26. The number of anilines is 1. The van der Waals surface area contributed by atoms with E-state index < -0.39 is 0 Å². The number of nitrogens with zero attached hydrogens (tertiary/aromatic N) is 3. The van der Waals surface area contributed by atoms with Crippen molar-refractivity contribution in [2.75, 3.05) is 25.0 Å². The maximum atomic E-state index is 4.79. The Bertz CT molecular complexity index is 1140. The minimum absolute atomic E-state index is 0. The molecule has 5 nitrogen and oxygen atoms in total. The average molecular weight is 513 g/mol. The van der Waals surface area contributed by atoms with Crippen molar-refractivity contribution < 1.29 is 0 Å². The van der Waals surface area contributed by atoms with Gasteiger partial charge in [-0.3, -0.25) is 9.97 Å². The number of rotatable bonds is 4. The van der Waals surface area contributed by atoms with Crippen LogP contribution in [0.4, 0.5) is 5.00 Å². The zero-order valence-corrected chi connectivity index (χ0v) is 21.0. The number of aromatic nitrogens is 2. The van der Waals surface area contributed by atoms with E-state index in [2.05, 4.69) is 57.9 Å². The number of pyridine rings is 2. The number of halogens is 3. The van der Waals surface area contributed by atoms with Gasteiger partial charge in [0.2, 0.25) is 0 Å². The van der Waals surface area contributed by atoms with Gasteiger partial charge in [-0.15, -0.1) is 48.6 Å². The van der Waals surface area contributed by atoms with E-state index in [4.69, 9.17) is 4.98 Å². The van der Waals surface area contributed by atoms with Crippen LogP contribution in [0.2, 0.25) is 0 Å². The van der Waals surface area contributed by atoms with Crippen molar-refractivity contribution in [3.8, 4) is 0 Å². The number of aryl methyl sites for hydroxylation is 2. The summed E-state index contributed by atoms with van der Waals surface area (Å²) in [6.45, 7) is 5.12. The van der Waals surface area contributed by atoms with Crippen LogP contribution < -0.4 is 21.2 Å². The van der Waals surface area contributed by atoms with E-state index in [0.29, 0.717) is 6.04 Å². The summed E-state index contributed by atoms with van der Waals surface area (Å²) in [7, 11) is 0. The van der Waals surface area contributed by atoms with E-state index in [-0.39, 0.29) is 37.2 Å². The molecular formula is C23H28Cl3N5S. The Hall–Kier alpha value is -1.83. The first-order valence-corrected chi connectivity index (χ1v) is 11.0. The first kappa shape index (κ1) is 26.4. The van der Waals surface area contributed by atoms with Crippen LogP contribution in [0, 0.1) is 6.92 Å². The predicted molar refractivity (Wildman–Crippen MR) is 141 cm³/mol. The Labute approximate surface area is 211 Å². The van der Waals surface area contributed by atoms with Crippen molar-refractivity contribution in [2.24, 2.45) is 0 Å². The third-order valence-electron chi connectivity index (χ3n) is 5.58. The van der Waals surface area contributed by atoms with Gasteiger partial charge in [-0.1, -0.05) is 6.07 Å². The minimum atomic E-state index is 0. The van der Waals surface area contributed by atoms with Crippen LogP contribution in [-0.2, 0) is 6.42 Å². The molecule has 172 valence electrons. The Balaban J connectivity index is 0.00000121. The van der Waals surface area contributed by atoms with Crippen molar-refractivity contribution >= 4 is 65.5 Å². The lowest BCUT2D eigenvalue weighted by Crippen LogP contribution is -2.51. The molecule has 9 heteroatoms. The van der Waals surface area contributed by atoms with Gasteiger partial charge >= 0.3 is 0 Å². The Morgan fingerprint density at radius 1 is 1.09 bits per heavy atom. The molecule has 3 aromatic rings. The molecule has 0 saturated carbocycles. The molecule has 2 aliphatic rings. The summed E-state index contributed by atoms with van der Waals surface area (Å²) < 4.78 is 0. The van der Waals surface area contributed by atoms with E-state index in [1.807, 2.05) is 35.9 Å². The minimum Gasteiger partial charge on any atom is -0.366 e. The van der Waals surface area contributed by atoms with Crippen LogP contribution in [0.25, 0.3) is 11.9 Å². The smallest absolute Gasteiger partial charge is 0.102 e. The quantitative estimate of drug-likeness (QED) is 0.562. The molecule has 1 fully saturated rings. The maximum Gasteiger partial charge on any atom is 0.102 e. The predicted octanol–water partition coefficient (Wildman–Crippen LogP) is 3.34. The van der Waals surface area contributed by atoms with Gasteiger partial charge < -0.3 is 15.5 Å². The van der Waals surface area contributed by atoms with Gasteiger partial charge in [0, 0.05) is 65.6 Å². The summed E-state index contributed by atoms with van der Waals surface area (Å²) in [5.41, 5.74) is 3.69. The molecule has 5 heterocycles. The highest BCUT2D eigenvalue weighted by Crippen LogP contribution is 2.34. The molecule has 0 spiro atoms. The summed E-state index contributed by atoms with van der Waals surface area (Å²) in [6, 6.07) is 13.0. The fourth-order valence-corrected chi connectivity index (χ4v) is 5.09. The summed E-state index contributed by atoms with van der Waals surface area (Å²) >= 11 is 1.81. The first-order chi connectivity index (χ1) is 14.3. The number of fused-ring (bicyclic) bond motifs is 2. The standard InChI is InChI=1S/C23H25N5S.3ClH/c1-16-13-20-22(21-17(5-4-10-26-21)14-27-23(20)29-16)28-12-11-25-19(15-28)8-7-18-6-2-3-9-24-18;;;/h2-6,9-10,13-14,19,25,27H,7-8,11-12,15H2,1H3;3*1H. The van der Waals surface area contributed by atoms with Crippen molar-refractivity contribution in [3.05, 3.63) is 75.5 Å². The zero-order chi connectivity index (χ0) is 19.6. The SMILES string of the molecule is Cc1cc2c(s1)NC=c1cccnc1=C2N1CCNC(CCc2ccccn2)C1.Cl.Cl.Cl. The second-order valence-corrected chi connectivity index (χ2v) is 8.89. The summed E-state index contributed by atoms with van der Waals surface area (Å²) in [4.78, 5) is 13.1. The van der Waals surface area contributed by atoms with E-state index in [0.717, 1.165) is 48.7 Å². The number of hydrogen-bond acceptors (Lipinski definition) is 6. The normalized spacial score (nSPS) is 16.6. The second kappa shape index (κ2) is 11.9. The number of thiophene rings is 1. The number of hydrogen-bond donors (Lipinski definition) is 2. The zero-order valence-electron chi connectivity index (χ0n) is 17.8. The average Bonchev–Trinajstić information content (AvgIpc) is 3.05. The fourth-order valence-electron chi connectivity index (χ4n) is 4.21. The highest BCUT2D eigenvalue weighted by atomic mass is 35.5. The lowest BCUT2D eigenvalue weighted by molar-refractivity contribution is 0.268. The van der Waals surface area contributed by atoms with Gasteiger partial charge in [-0.25, -0.2) is 0 Å². The largest absolute Gasteiger partial charge is 0.366 e. The Morgan fingerprint density at radius 3 is 2.75 bits per heavy atom. The lowest BCUT2D eigenvalue weighted by atomic mass is 10.0. The Morgan fingerprint density at radius 2 is 1.94 bits per heavy atom. The summed E-state index contributed by atoms with van der Waals surface area (Å²) in [5, 5.41) is 10.6. The third-order valence-corrected chi connectivity index (χ3v) is 6.56. The molecule has 2 aliphatic heterocycles. The molecule has 0 radical (unpaired) electrons. The van der Waals surface area contributed by atoms with Crippen LogP contribution in [0.1, 0.15) is 22.6 Å². The molecular weight excluding hydrogens is 485 g/mol. The topological polar surface area (TPSA) is 53.1 Å². The molecule has 3 aromatic heterocycles. The van der Waals surface area contributed by atoms with Gasteiger partial charge in [0.1, 0.15) is 5.00 Å². The number of piperazine rings is 1. The highest BCUT2D eigenvalue weighted by molar-refractivity contribution is 7.16. The van der Waals surface area contributed by atoms with E-state index in [1.54, 1.807) is 0 Å². The van der Waals surface area contributed by atoms with Gasteiger partial charge in [-0.05, 0) is 50.1 Å². The molecule has 0 amide bonds. The number of nitrogens with one attached hydrogen (secondary N) is 2. The van der Waals surface area contributed by atoms with Crippen LogP contribution in [-0.4, -0.2) is 40.5 Å². The van der Waals surface area contributed by atoms with Crippen LogP contribution >= 0.6 is 48.6 Å². The fraction of sp³-hybridized carbons (Fsp3) is 0.304. The van der Waals surface area contributed by atoms with Crippen LogP contribution in [0.5, 0.6) is 0 Å². The molecule has 0 bridgehead atoms. The van der Waals surface area contributed by atoms with E-state index in [1.165, 1.54) is 21.1 Å². The summed E-state index contributed by atoms with van der Waals surface area (Å²) in [5.74, 6) is 0. The maximum absolute atomic E-state index is 4.79. The van der Waals surface area contributed by atoms with Crippen molar-refractivity contribution in [1.29, 1.82) is 0 Å². The van der Waals surface area contributed by atoms with Crippen LogP contribution in [0.3, 0.4) is 0 Å². The second-order valence-electron chi connectivity index (χ2n) is 7.64. The molecule has 1 atom stereocenters. The van der Waals surface area contributed by atoms with Crippen molar-refractivity contribution in [3.63, 3.8) is 0 Å². The Kier molecular flexibility index (Phi) is 9.80. The van der Waals surface area contributed by atoms with Crippen molar-refractivity contribution in [1.82, 2.24) is 20.2 Å². The first-order valence-electron chi connectivity index (χ1n) is 10.2. The van der Waals surface area contributed by atoms with E-state index in [9.17, 15) is 0 Å². The molecule has 0 aliphatic carbocycles. The van der Waals surface area contributed by atoms with Crippen molar-refractivity contribution in [2.45, 2.75) is 25.8 Å². The third kappa shape index (κ3) is 5.56. The van der Waals surface area contributed by atoms with Gasteiger partial charge in [-0.2, -0.15) is 0 Å². The molecule has 32 heavy (non-hydrogen) atoms. The van der Waals surface area contributed by atoms with Gasteiger partial charge in [0.15, 0.2) is 0 Å².